The zero-order valence-corrected chi connectivity index (χ0v) is 8.98. The normalized spacial score (nSPS) is 21.9. The maximum atomic E-state index is 12.2. The van der Waals surface area contributed by atoms with Crippen molar-refractivity contribution in [3.8, 4) is 0 Å². The molecule has 1 heterocycles. The second-order valence-corrected chi connectivity index (χ2v) is 4.47. The van der Waals surface area contributed by atoms with Crippen LogP contribution in [0, 0.1) is 0 Å². The van der Waals surface area contributed by atoms with Gasteiger partial charge in [0.2, 0.25) is 0 Å². The fourth-order valence-corrected chi connectivity index (χ4v) is 2.52. The minimum Gasteiger partial charge on any atom is -0.481 e. The second kappa shape index (κ2) is 4.94. The maximum Gasteiger partial charge on any atom is 0.471 e. The fraction of sp³-hybridized carbons (Fsp3) is 0.750. The molecule has 1 N–H and O–H groups in total. The molecule has 0 spiro atoms. The number of carboxylic acid groups (broad SMARTS) is 1. The molecular formula is C8H10F3NO3S. The van der Waals surface area contributed by atoms with Crippen LogP contribution < -0.4 is 0 Å². The van der Waals surface area contributed by atoms with E-state index >= 15 is 0 Å². The van der Waals surface area contributed by atoms with E-state index in [1.807, 2.05) is 0 Å². The first kappa shape index (κ1) is 13.1. The zero-order valence-electron chi connectivity index (χ0n) is 8.16. The number of nitrogens with zero attached hydrogens (tertiary/aromatic N) is 1. The Hall–Kier alpha value is -0.920. The van der Waals surface area contributed by atoms with Crippen LogP contribution in [0.5, 0.6) is 0 Å². The predicted octanol–water partition coefficient (Wildman–Crippen LogP) is 0.967. The van der Waals surface area contributed by atoms with E-state index in [9.17, 15) is 22.8 Å². The van der Waals surface area contributed by atoms with E-state index in [1.165, 1.54) is 11.8 Å². The standard InChI is InChI=1S/C8H10F3NO3S/c9-8(10,11)7(15)12-1-2-16-4-5(12)3-6(13)14/h5H,1-4H2,(H,13,14). The summed E-state index contributed by atoms with van der Waals surface area (Å²) >= 11 is 1.35. The van der Waals surface area contributed by atoms with Crippen molar-refractivity contribution >= 4 is 23.6 Å². The lowest BCUT2D eigenvalue weighted by atomic mass is 10.2. The molecule has 4 nitrogen and oxygen atoms in total. The van der Waals surface area contributed by atoms with Gasteiger partial charge in [-0.25, -0.2) is 0 Å². The number of amides is 1. The molecule has 0 saturated carbocycles. The van der Waals surface area contributed by atoms with Crippen LogP contribution in [0.15, 0.2) is 0 Å². The van der Waals surface area contributed by atoms with Gasteiger partial charge in [-0.15, -0.1) is 0 Å². The van der Waals surface area contributed by atoms with Crippen molar-refractivity contribution in [2.45, 2.75) is 18.6 Å². The summed E-state index contributed by atoms with van der Waals surface area (Å²) < 4.78 is 36.6. The molecule has 92 valence electrons. The molecule has 1 atom stereocenters. The molecule has 1 amide bonds. The van der Waals surface area contributed by atoms with E-state index in [4.69, 9.17) is 5.11 Å². The summed E-state index contributed by atoms with van der Waals surface area (Å²) in [5.74, 6) is -2.52. The number of hydrogen-bond acceptors (Lipinski definition) is 3. The highest BCUT2D eigenvalue weighted by Gasteiger charge is 2.45. The van der Waals surface area contributed by atoms with Gasteiger partial charge in [0.25, 0.3) is 0 Å². The largest absolute Gasteiger partial charge is 0.481 e. The van der Waals surface area contributed by atoms with E-state index in [0.717, 1.165) is 0 Å². The summed E-state index contributed by atoms with van der Waals surface area (Å²) in [4.78, 5) is 22.1. The number of alkyl halides is 3. The quantitative estimate of drug-likeness (QED) is 0.800. The van der Waals surface area contributed by atoms with E-state index in [2.05, 4.69) is 0 Å². The number of aliphatic carboxylic acids is 1. The average molecular weight is 257 g/mol. The van der Waals surface area contributed by atoms with Gasteiger partial charge < -0.3 is 10.0 Å². The van der Waals surface area contributed by atoms with Crippen LogP contribution in [0.1, 0.15) is 6.42 Å². The van der Waals surface area contributed by atoms with Gasteiger partial charge in [0.15, 0.2) is 0 Å². The first-order valence-electron chi connectivity index (χ1n) is 4.49. The van der Waals surface area contributed by atoms with Crippen LogP contribution in [0.3, 0.4) is 0 Å². The van der Waals surface area contributed by atoms with Crippen LogP contribution >= 0.6 is 11.8 Å². The fourth-order valence-electron chi connectivity index (χ4n) is 1.46. The molecule has 1 rings (SSSR count). The predicted molar refractivity (Wildman–Crippen MR) is 51.1 cm³/mol. The third kappa shape index (κ3) is 3.29. The Bertz CT molecular complexity index is 295. The highest BCUT2D eigenvalue weighted by atomic mass is 32.2. The Morgan fingerprint density at radius 2 is 2.06 bits per heavy atom. The lowest BCUT2D eigenvalue weighted by molar-refractivity contribution is -0.187. The molecule has 16 heavy (non-hydrogen) atoms. The van der Waals surface area contributed by atoms with Crippen molar-refractivity contribution in [3.05, 3.63) is 0 Å². The SMILES string of the molecule is O=C(O)CC1CSCCN1C(=O)C(F)(F)F. The molecule has 1 fully saturated rings. The highest BCUT2D eigenvalue weighted by Crippen LogP contribution is 2.25. The van der Waals surface area contributed by atoms with Gasteiger partial charge in [0, 0.05) is 18.1 Å². The van der Waals surface area contributed by atoms with Crippen molar-refractivity contribution in [2.75, 3.05) is 18.1 Å². The molecule has 0 aliphatic carbocycles. The summed E-state index contributed by atoms with van der Waals surface area (Å²) in [6.45, 7) is -0.0546. The lowest BCUT2D eigenvalue weighted by Crippen LogP contribution is -2.51. The average Bonchev–Trinajstić information content (AvgIpc) is 2.15. The summed E-state index contributed by atoms with van der Waals surface area (Å²) in [5, 5.41) is 8.54. The zero-order chi connectivity index (χ0) is 12.3. The van der Waals surface area contributed by atoms with E-state index in [0.29, 0.717) is 10.7 Å². The first-order valence-corrected chi connectivity index (χ1v) is 5.65. The maximum absolute atomic E-state index is 12.2. The molecule has 1 aliphatic heterocycles. The summed E-state index contributed by atoms with van der Waals surface area (Å²) in [5.41, 5.74) is 0. The second-order valence-electron chi connectivity index (χ2n) is 3.32. The number of halogens is 3. The summed E-state index contributed by atoms with van der Waals surface area (Å²) in [6, 6.07) is -0.870. The lowest BCUT2D eigenvalue weighted by Gasteiger charge is -2.34. The number of hydrogen-bond donors (Lipinski definition) is 1. The molecule has 0 aromatic rings. The van der Waals surface area contributed by atoms with Gasteiger partial charge in [0.1, 0.15) is 0 Å². The van der Waals surface area contributed by atoms with Crippen LogP contribution in [-0.2, 0) is 9.59 Å². The van der Waals surface area contributed by atoms with E-state index in [-0.39, 0.29) is 12.3 Å². The number of carbonyl (C=O) groups is 2. The van der Waals surface area contributed by atoms with Crippen LogP contribution in [0.4, 0.5) is 13.2 Å². The smallest absolute Gasteiger partial charge is 0.471 e. The molecule has 1 saturated heterocycles. The van der Waals surface area contributed by atoms with Gasteiger partial charge in [-0.05, 0) is 0 Å². The minimum atomic E-state index is -4.93. The molecule has 0 aromatic heterocycles. The Labute approximate surface area is 93.8 Å². The van der Waals surface area contributed by atoms with Crippen molar-refractivity contribution < 1.29 is 27.9 Å². The Kier molecular flexibility index (Phi) is 4.06. The first-order chi connectivity index (χ1) is 7.32. The van der Waals surface area contributed by atoms with Crippen molar-refractivity contribution in [1.29, 1.82) is 0 Å². The van der Waals surface area contributed by atoms with E-state index in [1.54, 1.807) is 0 Å². The summed E-state index contributed by atoms with van der Waals surface area (Å²) in [6.07, 6.45) is -5.38. The van der Waals surface area contributed by atoms with Crippen LogP contribution in [0.25, 0.3) is 0 Å². The van der Waals surface area contributed by atoms with Gasteiger partial charge in [-0.2, -0.15) is 24.9 Å². The molecule has 0 radical (unpaired) electrons. The third-order valence-electron chi connectivity index (χ3n) is 2.14. The molecular weight excluding hydrogens is 247 g/mol. The van der Waals surface area contributed by atoms with Gasteiger partial charge in [0.05, 0.1) is 12.5 Å². The van der Waals surface area contributed by atoms with Crippen molar-refractivity contribution in [3.63, 3.8) is 0 Å². The monoisotopic (exact) mass is 257 g/mol. The Morgan fingerprint density at radius 1 is 1.44 bits per heavy atom. The molecule has 0 aromatic carbocycles. The topological polar surface area (TPSA) is 57.6 Å². The minimum absolute atomic E-state index is 0.0546. The molecule has 1 aliphatic rings. The van der Waals surface area contributed by atoms with Crippen LogP contribution in [-0.4, -0.2) is 52.2 Å². The number of carboxylic acids is 1. The Morgan fingerprint density at radius 3 is 2.56 bits per heavy atom. The number of carbonyl (C=O) groups excluding carboxylic acids is 1. The molecule has 8 heteroatoms. The van der Waals surface area contributed by atoms with Crippen LogP contribution in [0.2, 0.25) is 0 Å². The molecule has 1 unspecified atom stereocenters. The molecule has 0 bridgehead atoms. The van der Waals surface area contributed by atoms with E-state index < -0.39 is 30.5 Å². The third-order valence-corrected chi connectivity index (χ3v) is 3.23. The van der Waals surface area contributed by atoms with Crippen molar-refractivity contribution in [2.24, 2.45) is 0 Å². The Balaban J connectivity index is 2.74. The number of rotatable bonds is 2. The van der Waals surface area contributed by atoms with Crippen molar-refractivity contribution in [1.82, 2.24) is 4.90 Å². The van der Waals surface area contributed by atoms with Gasteiger partial charge >= 0.3 is 18.1 Å². The highest BCUT2D eigenvalue weighted by molar-refractivity contribution is 7.99. The van der Waals surface area contributed by atoms with Gasteiger partial charge in [-0.3, -0.25) is 9.59 Å². The van der Waals surface area contributed by atoms with Gasteiger partial charge in [-0.1, -0.05) is 0 Å². The number of thioether (sulfide) groups is 1. The summed E-state index contributed by atoms with van der Waals surface area (Å²) in [7, 11) is 0.